The highest BCUT2D eigenvalue weighted by atomic mass is 32.2. The van der Waals surface area contributed by atoms with Crippen LogP contribution in [-0.2, 0) is 0 Å². The summed E-state index contributed by atoms with van der Waals surface area (Å²) in [6.07, 6.45) is 0. The van der Waals surface area contributed by atoms with Crippen molar-refractivity contribution in [1.29, 1.82) is 0 Å². The van der Waals surface area contributed by atoms with Gasteiger partial charge in [-0.3, -0.25) is 0 Å². The van der Waals surface area contributed by atoms with Crippen LogP contribution in [0.4, 0.5) is 0 Å². The Morgan fingerprint density at radius 2 is 2.20 bits per heavy atom. The molecule has 0 aliphatic heterocycles. The van der Waals surface area contributed by atoms with Crippen molar-refractivity contribution in [2.75, 3.05) is 5.75 Å². The van der Waals surface area contributed by atoms with Crippen molar-refractivity contribution in [2.24, 2.45) is 16.1 Å². The lowest BCUT2D eigenvalue weighted by Gasteiger charge is -2.04. The molecule has 10 heavy (non-hydrogen) atoms. The van der Waals surface area contributed by atoms with Crippen LogP contribution in [0.2, 0.25) is 0 Å². The Morgan fingerprint density at radius 1 is 1.60 bits per heavy atom. The van der Waals surface area contributed by atoms with Gasteiger partial charge in [-0.05, 0) is 5.75 Å². The molecule has 0 heterocycles. The van der Waals surface area contributed by atoms with Crippen molar-refractivity contribution in [2.45, 2.75) is 20.8 Å². The highest BCUT2D eigenvalue weighted by Gasteiger charge is 2.03. The molecule has 0 amide bonds. The van der Waals surface area contributed by atoms with Crippen LogP contribution in [0.25, 0.3) is 0 Å². The highest BCUT2D eigenvalue weighted by molar-refractivity contribution is 8.13. The van der Waals surface area contributed by atoms with Crippen molar-refractivity contribution in [1.82, 2.24) is 0 Å². The molecule has 0 bridgehead atoms. The summed E-state index contributed by atoms with van der Waals surface area (Å²) in [5.41, 5.74) is 0. The molecule has 0 unspecified atom stereocenters. The Bertz CT molecular complexity index is 130. The minimum absolute atomic E-state index is 0.468. The van der Waals surface area contributed by atoms with Gasteiger partial charge in [-0.1, -0.05) is 20.8 Å². The molecule has 2 nitrogen and oxygen atoms in total. The fourth-order valence-electron chi connectivity index (χ4n) is 0.529. The third-order valence-corrected chi connectivity index (χ3v) is 2.09. The average molecular weight is 158 g/mol. The van der Waals surface area contributed by atoms with Gasteiger partial charge in [0.2, 0.25) is 0 Å². The second-order valence-corrected chi connectivity index (χ2v) is 3.45. The second kappa shape index (κ2) is 5.47. The van der Waals surface area contributed by atoms with Gasteiger partial charge in [0.05, 0.1) is 5.04 Å². The summed E-state index contributed by atoms with van der Waals surface area (Å²) in [6, 6.07) is 0. The summed E-state index contributed by atoms with van der Waals surface area (Å²) in [5.74, 6) is 1.52. The van der Waals surface area contributed by atoms with Crippen LogP contribution < -0.4 is 0 Å². The molecule has 0 aromatic carbocycles. The summed E-state index contributed by atoms with van der Waals surface area (Å²) in [4.78, 5) is 0. The normalized spacial score (nSPS) is 12.2. The van der Waals surface area contributed by atoms with E-state index in [-0.39, 0.29) is 0 Å². The lowest BCUT2D eigenvalue weighted by molar-refractivity contribution is 0.893. The zero-order valence-electron chi connectivity index (χ0n) is 6.79. The Hall–Kier alpha value is -0.310. The summed E-state index contributed by atoms with van der Waals surface area (Å²) >= 11 is 1.73. The Balaban J connectivity index is 3.97. The number of rotatable bonds is 3. The van der Waals surface area contributed by atoms with E-state index < -0.39 is 0 Å². The van der Waals surface area contributed by atoms with E-state index in [1.807, 2.05) is 0 Å². The molecule has 0 aliphatic carbocycles. The van der Waals surface area contributed by atoms with Crippen LogP contribution in [0.15, 0.2) is 10.2 Å². The van der Waals surface area contributed by atoms with Crippen molar-refractivity contribution in [3.8, 4) is 0 Å². The maximum absolute atomic E-state index is 3.91. The summed E-state index contributed by atoms with van der Waals surface area (Å²) in [5, 5.41) is 8.47. The number of nitrogens with zero attached hydrogens (tertiary/aromatic N) is 2. The predicted molar refractivity (Wildman–Crippen MR) is 50.0 cm³/mol. The molecular formula is C7H14N2S. The predicted octanol–water partition coefficient (Wildman–Crippen LogP) is 2.41. The lowest BCUT2D eigenvalue weighted by atomic mass is 10.2. The van der Waals surface area contributed by atoms with E-state index in [2.05, 4.69) is 37.7 Å². The first kappa shape index (κ1) is 9.69. The van der Waals surface area contributed by atoms with Crippen molar-refractivity contribution >= 4 is 23.5 Å². The van der Waals surface area contributed by atoms with Gasteiger partial charge in [-0.25, -0.2) is 0 Å². The smallest absolute Gasteiger partial charge is 0.0983 e. The first-order chi connectivity index (χ1) is 4.72. The molecule has 0 rings (SSSR count). The minimum Gasteiger partial charge on any atom is -0.166 e. The molecule has 0 aromatic rings. The number of hydrogen-bond acceptors (Lipinski definition) is 3. The average Bonchev–Trinajstić information content (AvgIpc) is 1.87. The molecule has 0 atom stereocenters. The van der Waals surface area contributed by atoms with Crippen LogP contribution in [0, 0.1) is 5.92 Å². The van der Waals surface area contributed by atoms with E-state index in [1.54, 1.807) is 11.8 Å². The molecule has 58 valence electrons. The Labute approximate surface area is 66.8 Å². The van der Waals surface area contributed by atoms with Gasteiger partial charge >= 0.3 is 0 Å². The zero-order chi connectivity index (χ0) is 7.98. The van der Waals surface area contributed by atoms with Gasteiger partial charge < -0.3 is 0 Å². The maximum atomic E-state index is 3.91. The van der Waals surface area contributed by atoms with Crippen molar-refractivity contribution < 1.29 is 0 Å². The number of hydrogen-bond donors (Lipinski definition) is 0. The van der Waals surface area contributed by atoms with E-state index in [4.69, 9.17) is 0 Å². The SMILES string of the molecule is C=N/N=C(\SCC)C(C)C. The van der Waals surface area contributed by atoms with Gasteiger partial charge in [0.1, 0.15) is 0 Å². The molecule has 0 saturated carbocycles. The van der Waals surface area contributed by atoms with Gasteiger partial charge in [-0.2, -0.15) is 5.10 Å². The van der Waals surface area contributed by atoms with Crippen molar-refractivity contribution in [3.05, 3.63) is 0 Å². The summed E-state index contributed by atoms with van der Waals surface area (Å²) < 4.78 is 0. The Kier molecular flexibility index (Phi) is 5.30. The first-order valence-corrected chi connectivity index (χ1v) is 4.37. The second-order valence-electron chi connectivity index (χ2n) is 2.17. The van der Waals surface area contributed by atoms with Crippen LogP contribution in [-0.4, -0.2) is 17.5 Å². The van der Waals surface area contributed by atoms with E-state index in [0.717, 1.165) is 10.8 Å². The van der Waals surface area contributed by atoms with E-state index >= 15 is 0 Å². The highest BCUT2D eigenvalue weighted by Crippen LogP contribution is 2.11. The van der Waals surface area contributed by atoms with E-state index in [9.17, 15) is 0 Å². The third-order valence-electron chi connectivity index (χ3n) is 0.955. The summed E-state index contributed by atoms with van der Waals surface area (Å²) in [6.45, 7) is 9.62. The van der Waals surface area contributed by atoms with Crippen LogP contribution >= 0.6 is 11.8 Å². The molecule has 0 saturated heterocycles. The Morgan fingerprint density at radius 3 is 2.50 bits per heavy atom. The minimum atomic E-state index is 0.468. The van der Waals surface area contributed by atoms with E-state index in [1.165, 1.54) is 0 Å². The zero-order valence-corrected chi connectivity index (χ0v) is 7.61. The molecule has 0 radical (unpaired) electrons. The number of thioether (sulfide) groups is 1. The van der Waals surface area contributed by atoms with Crippen LogP contribution in [0.3, 0.4) is 0 Å². The molecule has 0 aromatic heterocycles. The first-order valence-electron chi connectivity index (χ1n) is 3.38. The van der Waals surface area contributed by atoms with E-state index in [0.29, 0.717) is 5.92 Å². The van der Waals surface area contributed by atoms with Gasteiger partial charge in [0, 0.05) is 12.6 Å². The molecular weight excluding hydrogens is 144 g/mol. The maximum Gasteiger partial charge on any atom is 0.0983 e. The molecule has 3 heteroatoms. The lowest BCUT2D eigenvalue weighted by Crippen LogP contribution is -2.01. The van der Waals surface area contributed by atoms with Crippen molar-refractivity contribution in [3.63, 3.8) is 0 Å². The van der Waals surface area contributed by atoms with Crippen LogP contribution in [0.5, 0.6) is 0 Å². The molecule has 0 N–H and O–H groups in total. The van der Waals surface area contributed by atoms with Crippen LogP contribution in [0.1, 0.15) is 20.8 Å². The van der Waals surface area contributed by atoms with Gasteiger partial charge in [0.15, 0.2) is 0 Å². The standard InChI is InChI=1S/C7H14N2S/c1-5-10-7(6(2)3)9-8-4/h6H,4-5H2,1-3H3/b9-7-. The fraction of sp³-hybridized carbons (Fsp3) is 0.714. The molecule has 0 fully saturated rings. The topological polar surface area (TPSA) is 24.7 Å². The molecule has 0 aliphatic rings. The largest absolute Gasteiger partial charge is 0.166 e. The third kappa shape index (κ3) is 3.67. The monoisotopic (exact) mass is 158 g/mol. The quantitative estimate of drug-likeness (QED) is 0.351. The molecule has 0 spiro atoms. The van der Waals surface area contributed by atoms with Gasteiger partial charge in [0.25, 0.3) is 0 Å². The van der Waals surface area contributed by atoms with Gasteiger partial charge in [-0.15, -0.1) is 16.9 Å². The fourth-order valence-corrected chi connectivity index (χ4v) is 1.27. The summed E-state index contributed by atoms with van der Waals surface area (Å²) in [7, 11) is 0.